The van der Waals surface area contributed by atoms with E-state index in [1.165, 1.54) is 18.6 Å². The van der Waals surface area contributed by atoms with E-state index in [4.69, 9.17) is 0 Å². The number of hydrogen-bond donors (Lipinski definition) is 3. The Kier molecular flexibility index (Phi) is 8.57. The fourth-order valence-corrected chi connectivity index (χ4v) is 6.25. The lowest BCUT2D eigenvalue weighted by Gasteiger charge is -2.37. The van der Waals surface area contributed by atoms with Crippen molar-refractivity contribution in [1.82, 2.24) is 30.8 Å². The van der Waals surface area contributed by atoms with Gasteiger partial charge in [0.15, 0.2) is 0 Å². The number of fused-ring (bicyclic) bond motifs is 1. The maximum Gasteiger partial charge on any atom is 0.272 e. The molecule has 40 heavy (non-hydrogen) atoms. The highest BCUT2D eigenvalue weighted by molar-refractivity contribution is 5.97. The van der Waals surface area contributed by atoms with Crippen molar-refractivity contribution in [1.29, 1.82) is 5.26 Å². The van der Waals surface area contributed by atoms with Crippen molar-refractivity contribution in [3.63, 3.8) is 0 Å². The standard InChI is InChI=1S/C29H39N7O4/c1-16-6-7-17(2)22-20(16)15-36(23(22)27(39)34-19(13-30)12-18-8-9-33-25(18)37)28(40)24(29(3,4)5)35-26(38)21-14-31-10-11-32-21/h6-7,10-11,14,16-20,22-24H,8-9,12,15H2,1-5H3,(H,33,37)(H,34,39)(H,35,38)/t16-,17+,18-,19-,20+,22-,23-,24+/m0/s1. The molecule has 214 valence electrons. The Hall–Kier alpha value is -3.81. The zero-order chi connectivity index (χ0) is 29.2. The molecule has 0 bridgehead atoms. The second kappa shape index (κ2) is 11.7. The Morgan fingerprint density at radius 3 is 2.50 bits per heavy atom. The molecule has 1 aromatic rings. The van der Waals surface area contributed by atoms with Gasteiger partial charge in [-0.15, -0.1) is 0 Å². The van der Waals surface area contributed by atoms with E-state index in [2.05, 4.69) is 51.1 Å². The number of nitrogens with zero attached hydrogens (tertiary/aromatic N) is 4. The average Bonchev–Trinajstić information content (AvgIpc) is 3.52. The average molecular weight is 550 g/mol. The molecule has 4 amide bonds. The molecular weight excluding hydrogens is 510 g/mol. The lowest BCUT2D eigenvalue weighted by molar-refractivity contribution is -0.143. The molecule has 0 radical (unpaired) electrons. The molecule has 3 N–H and O–H groups in total. The summed E-state index contributed by atoms with van der Waals surface area (Å²) in [6.07, 6.45) is 9.25. The minimum Gasteiger partial charge on any atom is -0.356 e. The zero-order valence-corrected chi connectivity index (χ0v) is 23.8. The monoisotopic (exact) mass is 549 g/mol. The van der Waals surface area contributed by atoms with E-state index in [1.54, 1.807) is 4.90 Å². The number of amides is 4. The van der Waals surface area contributed by atoms with Gasteiger partial charge >= 0.3 is 0 Å². The van der Waals surface area contributed by atoms with E-state index >= 15 is 0 Å². The second-order valence-electron chi connectivity index (χ2n) is 12.3. The number of likely N-dealkylation sites (tertiary alicyclic amines) is 1. The summed E-state index contributed by atoms with van der Waals surface area (Å²) in [6.45, 7) is 10.6. The smallest absolute Gasteiger partial charge is 0.272 e. The first-order chi connectivity index (χ1) is 18.9. The van der Waals surface area contributed by atoms with Gasteiger partial charge in [0.05, 0.1) is 12.3 Å². The van der Waals surface area contributed by atoms with Gasteiger partial charge in [-0.05, 0) is 41.9 Å². The van der Waals surface area contributed by atoms with Crippen molar-refractivity contribution < 1.29 is 19.2 Å². The van der Waals surface area contributed by atoms with Crippen molar-refractivity contribution in [2.75, 3.05) is 13.1 Å². The van der Waals surface area contributed by atoms with Crippen LogP contribution in [0.1, 0.15) is 57.9 Å². The van der Waals surface area contributed by atoms with Crippen molar-refractivity contribution in [3.05, 3.63) is 36.4 Å². The van der Waals surface area contributed by atoms with Gasteiger partial charge < -0.3 is 20.9 Å². The Morgan fingerprint density at radius 2 is 1.90 bits per heavy atom. The maximum atomic E-state index is 14.3. The quantitative estimate of drug-likeness (QED) is 0.434. The molecule has 11 nitrogen and oxygen atoms in total. The molecule has 2 fully saturated rings. The molecule has 1 aromatic heterocycles. The van der Waals surface area contributed by atoms with E-state index in [0.29, 0.717) is 19.5 Å². The van der Waals surface area contributed by atoms with Crippen LogP contribution in [0, 0.1) is 46.3 Å². The lowest BCUT2D eigenvalue weighted by Crippen LogP contribution is -2.59. The Bertz CT molecular complexity index is 1200. The highest BCUT2D eigenvalue weighted by Gasteiger charge is 2.53. The minimum atomic E-state index is -0.940. The van der Waals surface area contributed by atoms with Crippen LogP contribution in [0.3, 0.4) is 0 Å². The molecule has 0 aromatic carbocycles. The molecule has 2 aliphatic heterocycles. The van der Waals surface area contributed by atoms with Crippen LogP contribution in [0.15, 0.2) is 30.7 Å². The number of allylic oxidation sites excluding steroid dienone is 2. The highest BCUT2D eigenvalue weighted by atomic mass is 16.2. The predicted octanol–water partition coefficient (Wildman–Crippen LogP) is 1.44. The zero-order valence-electron chi connectivity index (χ0n) is 23.8. The number of carbonyl (C=O) groups excluding carboxylic acids is 4. The first kappa shape index (κ1) is 29.2. The van der Waals surface area contributed by atoms with E-state index < -0.39 is 35.4 Å². The van der Waals surface area contributed by atoms with E-state index in [-0.39, 0.29) is 53.5 Å². The molecule has 0 unspecified atom stereocenters. The molecule has 3 heterocycles. The van der Waals surface area contributed by atoms with Crippen molar-refractivity contribution in [2.24, 2.45) is 35.0 Å². The first-order valence-corrected chi connectivity index (χ1v) is 14.0. The van der Waals surface area contributed by atoms with Crippen LogP contribution in [0.4, 0.5) is 0 Å². The van der Waals surface area contributed by atoms with Gasteiger partial charge in [-0.3, -0.25) is 24.2 Å². The van der Waals surface area contributed by atoms with Crippen LogP contribution in [-0.4, -0.2) is 69.7 Å². The third kappa shape index (κ3) is 6.01. The molecule has 3 aliphatic rings. The van der Waals surface area contributed by atoms with Gasteiger partial charge in [-0.1, -0.05) is 46.8 Å². The fraction of sp³-hybridized carbons (Fsp3) is 0.621. The number of rotatable bonds is 7. The van der Waals surface area contributed by atoms with E-state index in [9.17, 15) is 24.4 Å². The van der Waals surface area contributed by atoms with Gasteiger partial charge in [0, 0.05) is 31.4 Å². The topological polar surface area (TPSA) is 157 Å². The largest absolute Gasteiger partial charge is 0.356 e. The number of carbonyl (C=O) groups is 4. The molecule has 11 heteroatoms. The lowest BCUT2D eigenvalue weighted by atomic mass is 9.71. The van der Waals surface area contributed by atoms with Crippen LogP contribution in [0.2, 0.25) is 0 Å². The van der Waals surface area contributed by atoms with Gasteiger partial charge in [-0.2, -0.15) is 5.26 Å². The Balaban J connectivity index is 1.62. The summed E-state index contributed by atoms with van der Waals surface area (Å²) in [5, 5.41) is 18.3. The normalized spacial score (nSPS) is 29.1. The molecular formula is C29H39N7O4. The summed E-state index contributed by atoms with van der Waals surface area (Å²) in [5.41, 5.74) is -0.585. The van der Waals surface area contributed by atoms with Gasteiger partial charge in [0.2, 0.25) is 17.7 Å². The molecule has 1 aliphatic carbocycles. The van der Waals surface area contributed by atoms with Crippen molar-refractivity contribution in [3.8, 4) is 6.07 Å². The van der Waals surface area contributed by atoms with Crippen molar-refractivity contribution >= 4 is 23.6 Å². The van der Waals surface area contributed by atoms with Crippen LogP contribution >= 0.6 is 0 Å². The third-order valence-electron chi connectivity index (χ3n) is 8.49. The van der Waals surface area contributed by atoms with Crippen LogP contribution < -0.4 is 16.0 Å². The summed E-state index contributed by atoms with van der Waals surface area (Å²) in [5.74, 6) is -1.69. The predicted molar refractivity (Wildman–Crippen MR) is 146 cm³/mol. The fourth-order valence-electron chi connectivity index (χ4n) is 6.25. The molecule has 0 saturated carbocycles. The van der Waals surface area contributed by atoms with Crippen molar-refractivity contribution in [2.45, 2.75) is 65.6 Å². The summed E-state index contributed by atoms with van der Waals surface area (Å²) in [6, 6.07) is -0.497. The summed E-state index contributed by atoms with van der Waals surface area (Å²) in [7, 11) is 0. The maximum absolute atomic E-state index is 14.3. The molecule has 0 spiro atoms. The number of nitrogens with one attached hydrogen (secondary N) is 3. The first-order valence-electron chi connectivity index (χ1n) is 14.0. The molecule has 4 rings (SSSR count). The number of nitriles is 1. The Morgan fingerprint density at radius 1 is 1.18 bits per heavy atom. The number of aromatic nitrogens is 2. The van der Waals surface area contributed by atoms with Crippen LogP contribution in [0.5, 0.6) is 0 Å². The van der Waals surface area contributed by atoms with Crippen LogP contribution in [0.25, 0.3) is 0 Å². The van der Waals surface area contributed by atoms with E-state index in [1.807, 2.05) is 27.7 Å². The Labute approximate surface area is 235 Å². The van der Waals surface area contributed by atoms with Gasteiger partial charge in [0.1, 0.15) is 23.8 Å². The third-order valence-corrected chi connectivity index (χ3v) is 8.49. The van der Waals surface area contributed by atoms with E-state index in [0.717, 1.165) is 0 Å². The molecule has 2 saturated heterocycles. The number of hydrogen-bond acceptors (Lipinski definition) is 7. The SMILES string of the molecule is C[C@@H]1C=C[C@H](C)[C@H]2CN(C(=O)[C@@H](NC(=O)c3cnccn3)C(C)(C)C)[C@H](C(=O)N[C@H](C#N)C[C@@H]3CCNC3=O)[C@H]21. The second-order valence-corrected chi connectivity index (χ2v) is 12.3. The van der Waals surface area contributed by atoms with Gasteiger partial charge in [-0.25, -0.2) is 4.98 Å². The summed E-state index contributed by atoms with van der Waals surface area (Å²) in [4.78, 5) is 62.9. The molecule has 8 atom stereocenters. The van der Waals surface area contributed by atoms with Gasteiger partial charge in [0.25, 0.3) is 5.91 Å². The summed E-state index contributed by atoms with van der Waals surface area (Å²) < 4.78 is 0. The van der Waals surface area contributed by atoms with Crippen LogP contribution in [-0.2, 0) is 14.4 Å². The minimum absolute atomic E-state index is 0.0261. The highest BCUT2D eigenvalue weighted by Crippen LogP contribution is 2.44. The summed E-state index contributed by atoms with van der Waals surface area (Å²) >= 11 is 0.